The first-order chi connectivity index (χ1) is 8.31. The zero-order valence-corrected chi connectivity index (χ0v) is 11.6. The van der Waals surface area contributed by atoms with Gasteiger partial charge in [0, 0.05) is 0 Å². The minimum absolute atomic E-state index is 0.718. The third kappa shape index (κ3) is 5.43. The van der Waals surface area contributed by atoms with Crippen LogP contribution in [0.4, 0.5) is 0 Å². The van der Waals surface area contributed by atoms with Gasteiger partial charge in [-0.1, -0.05) is 39.0 Å². The third-order valence-corrected chi connectivity index (χ3v) is 2.01. The van der Waals surface area contributed by atoms with Crippen LogP contribution in [0.25, 0.3) is 6.08 Å². The molecule has 0 amide bonds. The summed E-state index contributed by atoms with van der Waals surface area (Å²) in [5.41, 5.74) is 1.13. The average Bonchev–Trinajstić information content (AvgIpc) is 2.39. The molecule has 0 radical (unpaired) electrons. The fourth-order valence-corrected chi connectivity index (χ4v) is 1.31. The Bertz CT molecular complexity index is 330. The lowest BCUT2D eigenvalue weighted by Gasteiger charge is -2.10. The summed E-state index contributed by atoms with van der Waals surface area (Å²) in [6, 6.07) is 5.94. The standard InChI is InChI=1S/C13H18O2.C2H6/c1-4-6-11-7-8-12(14-3)13(10-11)15-9-5-2;1-2/h4,6-8,10H,5,9H2,1-3H3;1-2H3/b6-4+;. The highest BCUT2D eigenvalue weighted by molar-refractivity contribution is 5.55. The van der Waals surface area contributed by atoms with E-state index in [1.807, 2.05) is 51.1 Å². The smallest absolute Gasteiger partial charge is 0.161 e. The highest BCUT2D eigenvalue weighted by Crippen LogP contribution is 2.28. The van der Waals surface area contributed by atoms with E-state index in [0.717, 1.165) is 30.1 Å². The van der Waals surface area contributed by atoms with Gasteiger partial charge in [-0.3, -0.25) is 0 Å². The fourth-order valence-electron chi connectivity index (χ4n) is 1.31. The van der Waals surface area contributed by atoms with Gasteiger partial charge < -0.3 is 9.47 Å². The molecule has 0 atom stereocenters. The summed E-state index contributed by atoms with van der Waals surface area (Å²) < 4.78 is 10.8. The normalized spacial score (nSPS) is 9.71. The van der Waals surface area contributed by atoms with E-state index < -0.39 is 0 Å². The Balaban J connectivity index is 0.00000121. The summed E-state index contributed by atoms with van der Waals surface area (Å²) in [5, 5.41) is 0. The molecule has 0 bridgehead atoms. The Hall–Kier alpha value is -1.44. The SMILES string of the molecule is C/C=C/c1ccc(OC)c(OCCC)c1.CC. The molecule has 2 heteroatoms. The van der Waals surface area contributed by atoms with E-state index in [1.165, 1.54) is 0 Å². The maximum absolute atomic E-state index is 5.61. The molecule has 0 fully saturated rings. The van der Waals surface area contributed by atoms with E-state index in [2.05, 4.69) is 6.92 Å². The molecule has 0 saturated heterocycles. The summed E-state index contributed by atoms with van der Waals surface area (Å²) in [5.74, 6) is 1.60. The molecule has 0 aliphatic heterocycles. The zero-order chi connectivity index (χ0) is 13.1. The summed E-state index contributed by atoms with van der Waals surface area (Å²) >= 11 is 0. The second-order valence-electron chi connectivity index (χ2n) is 3.26. The number of methoxy groups -OCH3 is 1. The largest absolute Gasteiger partial charge is 0.493 e. The highest BCUT2D eigenvalue weighted by atomic mass is 16.5. The van der Waals surface area contributed by atoms with Crippen LogP contribution in [0.15, 0.2) is 24.3 Å². The van der Waals surface area contributed by atoms with Gasteiger partial charge >= 0.3 is 0 Å². The van der Waals surface area contributed by atoms with Gasteiger partial charge in [0.05, 0.1) is 13.7 Å². The number of benzene rings is 1. The molecule has 1 aromatic carbocycles. The number of ether oxygens (including phenoxy) is 2. The van der Waals surface area contributed by atoms with Crippen molar-refractivity contribution in [2.75, 3.05) is 13.7 Å². The molecule has 17 heavy (non-hydrogen) atoms. The molecular formula is C15H24O2. The summed E-state index contributed by atoms with van der Waals surface area (Å²) in [6.45, 7) is 8.80. The lowest BCUT2D eigenvalue weighted by molar-refractivity contribution is 0.294. The van der Waals surface area contributed by atoms with Crippen LogP contribution in [0.2, 0.25) is 0 Å². The molecule has 0 aliphatic carbocycles. The Morgan fingerprint density at radius 3 is 2.41 bits per heavy atom. The van der Waals surface area contributed by atoms with Crippen molar-refractivity contribution in [3.8, 4) is 11.5 Å². The van der Waals surface area contributed by atoms with Crippen LogP contribution in [0, 0.1) is 0 Å². The molecule has 0 saturated carbocycles. The van der Waals surface area contributed by atoms with Gasteiger partial charge in [0.15, 0.2) is 11.5 Å². The van der Waals surface area contributed by atoms with Crippen LogP contribution in [-0.2, 0) is 0 Å². The Morgan fingerprint density at radius 2 is 1.88 bits per heavy atom. The summed E-state index contributed by atoms with van der Waals surface area (Å²) in [6.07, 6.45) is 5.04. The van der Waals surface area contributed by atoms with Crippen LogP contribution >= 0.6 is 0 Å². The maximum Gasteiger partial charge on any atom is 0.161 e. The molecule has 0 heterocycles. The van der Waals surface area contributed by atoms with Crippen molar-refractivity contribution in [2.24, 2.45) is 0 Å². The fraction of sp³-hybridized carbons (Fsp3) is 0.467. The van der Waals surface area contributed by atoms with Gasteiger partial charge in [-0.25, -0.2) is 0 Å². The van der Waals surface area contributed by atoms with E-state index in [0.29, 0.717) is 0 Å². The lowest BCUT2D eigenvalue weighted by atomic mass is 10.2. The molecule has 96 valence electrons. The molecule has 0 aromatic heterocycles. The molecule has 1 rings (SSSR count). The molecule has 0 unspecified atom stereocenters. The van der Waals surface area contributed by atoms with Gasteiger partial charge in [-0.2, -0.15) is 0 Å². The number of hydrogen-bond donors (Lipinski definition) is 0. The van der Waals surface area contributed by atoms with E-state index in [9.17, 15) is 0 Å². The highest BCUT2D eigenvalue weighted by Gasteiger charge is 2.03. The average molecular weight is 236 g/mol. The molecule has 1 aromatic rings. The van der Waals surface area contributed by atoms with E-state index >= 15 is 0 Å². The molecule has 2 nitrogen and oxygen atoms in total. The van der Waals surface area contributed by atoms with Crippen LogP contribution in [0.5, 0.6) is 11.5 Å². The minimum atomic E-state index is 0.718. The van der Waals surface area contributed by atoms with Crippen LogP contribution in [0.3, 0.4) is 0 Å². The molecule has 0 spiro atoms. The van der Waals surface area contributed by atoms with Crippen molar-refractivity contribution in [3.05, 3.63) is 29.8 Å². The van der Waals surface area contributed by atoms with E-state index in [-0.39, 0.29) is 0 Å². The van der Waals surface area contributed by atoms with Crippen molar-refractivity contribution in [1.82, 2.24) is 0 Å². The predicted octanol–water partition coefficient (Wildman–Crippen LogP) is 4.54. The van der Waals surface area contributed by atoms with Crippen LogP contribution in [-0.4, -0.2) is 13.7 Å². The predicted molar refractivity (Wildman–Crippen MR) is 74.8 cm³/mol. The summed E-state index contributed by atoms with van der Waals surface area (Å²) in [7, 11) is 1.66. The maximum atomic E-state index is 5.61. The first-order valence-electron chi connectivity index (χ1n) is 6.25. The Morgan fingerprint density at radius 1 is 1.18 bits per heavy atom. The Labute approximate surface area is 105 Å². The minimum Gasteiger partial charge on any atom is -0.493 e. The van der Waals surface area contributed by atoms with E-state index in [1.54, 1.807) is 7.11 Å². The first kappa shape index (κ1) is 15.6. The van der Waals surface area contributed by atoms with Crippen LogP contribution in [0.1, 0.15) is 39.7 Å². The molecule has 0 aliphatic rings. The second-order valence-corrected chi connectivity index (χ2v) is 3.26. The summed E-state index contributed by atoms with van der Waals surface area (Å²) in [4.78, 5) is 0. The monoisotopic (exact) mass is 236 g/mol. The van der Waals surface area contributed by atoms with Gasteiger partial charge in [-0.15, -0.1) is 0 Å². The van der Waals surface area contributed by atoms with Crippen molar-refractivity contribution in [2.45, 2.75) is 34.1 Å². The van der Waals surface area contributed by atoms with Gasteiger partial charge in [0.25, 0.3) is 0 Å². The third-order valence-electron chi connectivity index (χ3n) is 2.01. The number of hydrogen-bond acceptors (Lipinski definition) is 2. The van der Waals surface area contributed by atoms with Gasteiger partial charge in [-0.05, 0) is 31.0 Å². The van der Waals surface area contributed by atoms with Crippen molar-refractivity contribution >= 4 is 6.08 Å². The quantitative estimate of drug-likeness (QED) is 0.747. The van der Waals surface area contributed by atoms with Gasteiger partial charge in [0.2, 0.25) is 0 Å². The second kappa shape index (κ2) is 9.76. The first-order valence-corrected chi connectivity index (χ1v) is 6.25. The topological polar surface area (TPSA) is 18.5 Å². The lowest BCUT2D eigenvalue weighted by Crippen LogP contribution is -1.97. The number of allylic oxidation sites excluding steroid dienone is 1. The van der Waals surface area contributed by atoms with Crippen LogP contribution < -0.4 is 9.47 Å². The Kier molecular flexibility index (Phi) is 8.94. The van der Waals surface area contributed by atoms with E-state index in [4.69, 9.17) is 9.47 Å². The molecule has 0 N–H and O–H groups in total. The van der Waals surface area contributed by atoms with Crippen molar-refractivity contribution < 1.29 is 9.47 Å². The number of rotatable bonds is 5. The zero-order valence-electron chi connectivity index (χ0n) is 11.6. The molecular weight excluding hydrogens is 212 g/mol. The van der Waals surface area contributed by atoms with Crippen molar-refractivity contribution in [1.29, 1.82) is 0 Å². The van der Waals surface area contributed by atoms with Crippen molar-refractivity contribution in [3.63, 3.8) is 0 Å². The van der Waals surface area contributed by atoms with Gasteiger partial charge in [0.1, 0.15) is 0 Å².